The van der Waals surface area contributed by atoms with Gasteiger partial charge in [0.15, 0.2) is 11.5 Å². The van der Waals surface area contributed by atoms with E-state index in [9.17, 15) is 0 Å². The van der Waals surface area contributed by atoms with E-state index in [0.717, 1.165) is 55.0 Å². The normalized spacial score (nSPS) is 13.8. The minimum absolute atomic E-state index is 0.751. The Labute approximate surface area is 149 Å². The number of hydrogen-bond donors (Lipinski definition) is 1. The molecule has 1 aliphatic rings. The van der Waals surface area contributed by atoms with E-state index >= 15 is 0 Å². The van der Waals surface area contributed by atoms with Crippen molar-refractivity contribution in [2.24, 2.45) is 0 Å². The summed E-state index contributed by atoms with van der Waals surface area (Å²) >= 11 is 0. The quantitative estimate of drug-likeness (QED) is 0.834. The van der Waals surface area contributed by atoms with E-state index in [4.69, 9.17) is 9.47 Å². The molecule has 2 heterocycles. The van der Waals surface area contributed by atoms with Gasteiger partial charge in [-0.15, -0.1) is 0 Å². The van der Waals surface area contributed by atoms with Crippen LogP contribution in [0, 0.1) is 6.92 Å². The van der Waals surface area contributed by atoms with Crippen LogP contribution in [0.25, 0.3) is 0 Å². The lowest BCUT2D eigenvalue weighted by molar-refractivity contribution is 0.354. The first kappa shape index (κ1) is 17.3. The van der Waals surface area contributed by atoms with Crippen molar-refractivity contribution in [2.45, 2.75) is 26.2 Å². The standard InChI is InChI=1S/C19H26N4O2/c1-14-12-18(22-19(21-14)23-10-4-5-11-23)20-9-8-15-6-7-16(24-2)17(13-15)25-3/h6-7,12-13H,4-5,8-11H2,1-3H3,(H,20,21,22). The molecule has 0 amide bonds. The Morgan fingerprint density at radius 2 is 1.80 bits per heavy atom. The molecule has 0 bridgehead atoms. The van der Waals surface area contributed by atoms with Crippen molar-refractivity contribution in [1.82, 2.24) is 9.97 Å². The highest BCUT2D eigenvalue weighted by Crippen LogP contribution is 2.27. The molecule has 1 N–H and O–H groups in total. The molecule has 0 spiro atoms. The van der Waals surface area contributed by atoms with Crippen LogP contribution < -0.4 is 19.7 Å². The monoisotopic (exact) mass is 342 g/mol. The molecule has 25 heavy (non-hydrogen) atoms. The SMILES string of the molecule is COc1ccc(CCNc2cc(C)nc(N3CCCC3)n2)cc1OC. The van der Waals surface area contributed by atoms with Crippen molar-refractivity contribution in [3.63, 3.8) is 0 Å². The van der Waals surface area contributed by atoms with Crippen molar-refractivity contribution in [2.75, 3.05) is 44.1 Å². The topological polar surface area (TPSA) is 59.5 Å². The molecular formula is C19H26N4O2. The number of rotatable bonds is 7. The second-order valence-corrected chi connectivity index (χ2v) is 6.25. The molecule has 0 atom stereocenters. The number of benzene rings is 1. The maximum Gasteiger partial charge on any atom is 0.227 e. The van der Waals surface area contributed by atoms with Gasteiger partial charge in [0.2, 0.25) is 5.95 Å². The van der Waals surface area contributed by atoms with Crippen molar-refractivity contribution in [1.29, 1.82) is 0 Å². The Bertz CT molecular complexity index is 715. The number of anilines is 2. The third kappa shape index (κ3) is 4.32. The predicted octanol–water partition coefficient (Wildman–Crippen LogP) is 3.06. The van der Waals surface area contributed by atoms with E-state index in [1.807, 2.05) is 25.1 Å². The Balaban J connectivity index is 1.62. The highest BCUT2D eigenvalue weighted by Gasteiger charge is 2.15. The number of nitrogens with zero attached hydrogens (tertiary/aromatic N) is 3. The van der Waals surface area contributed by atoms with Gasteiger partial charge in [-0.05, 0) is 43.9 Å². The van der Waals surface area contributed by atoms with Gasteiger partial charge in [0.05, 0.1) is 14.2 Å². The molecule has 6 heteroatoms. The molecule has 1 fully saturated rings. The van der Waals surface area contributed by atoms with E-state index < -0.39 is 0 Å². The first-order valence-corrected chi connectivity index (χ1v) is 8.75. The highest BCUT2D eigenvalue weighted by molar-refractivity contribution is 5.45. The third-order valence-electron chi connectivity index (χ3n) is 4.40. The summed E-state index contributed by atoms with van der Waals surface area (Å²) in [4.78, 5) is 11.5. The summed E-state index contributed by atoms with van der Waals surface area (Å²) in [7, 11) is 3.30. The van der Waals surface area contributed by atoms with E-state index in [2.05, 4.69) is 26.3 Å². The van der Waals surface area contributed by atoms with Crippen LogP contribution in [0.2, 0.25) is 0 Å². The van der Waals surface area contributed by atoms with Crippen LogP contribution in [0.5, 0.6) is 11.5 Å². The van der Waals surface area contributed by atoms with Gasteiger partial charge in [0.1, 0.15) is 5.82 Å². The molecule has 0 unspecified atom stereocenters. The zero-order chi connectivity index (χ0) is 17.6. The first-order chi connectivity index (χ1) is 12.2. The van der Waals surface area contributed by atoms with E-state index in [0.29, 0.717) is 0 Å². The van der Waals surface area contributed by atoms with Crippen LogP contribution in [-0.2, 0) is 6.42 Å². The fraction of sp³-hybridized carbons (Fsp3) is 0.474. The third-order valence-corrected chi connectivity index (χ3v) is 4.40. The van der Waals surface area contributed by atoms with Gasteiger partial charge in [-0.2, -0.15) is 4.98 Å². The molecule has 1 aromatic heterocycles. The second-order valence-electron chi connectivity index (χ2n) is 6.25. The smallest absolute Gasteiger partial charge is 0.227 e. The van der Waals surface area contributed by atoms with Crippen LogP contribution in [0.1, 0.15) is 24.1 Å². The average Bonchev–Trinajstić information content (AvgIpc) is 3.16. The summed E-state index contributed by atoms with van der Waals surface area (Å²) < 4.78 is 10.6. The van der Waals surface area contributed by atoms with Gasteiger partial charge in [0, 0.05) is 31.4 Å². The minimum atomic E-state index is 0.751. The summed E-state index contributed by atoms with van der Waals surface area (Å²) in [6.07, 6.45) is 3.32. The molecule has 1 saturated heterocycles. The van der Waals surface area contributed by atoms with Crippen LogP contribution in [0.3, 0.4) is 0 Å². The highest BCUT2D eigenvalue weighted by atomic mass is 16.5. The van der Waals surface area contributed by atoms with Gasteiger partial charge in [-0.3, -0.25) is 0 Å². The number of methoxy groups -OCH3 is 2. The molecule has 6 nitrogen and oxygen atoms in total. The summed E-state index contributed by atoms with van der Waals surface area (Å²) in [5.74, 6) is 3.23. The van der Waals surface area contributed by atoms with Crippen molar-refractivity contribution in [3.8, 4) is 11.5 Å². The molecule has 1 aromatic carbocycles. The summed E-state index contributed by atoms with van der Waals surface area (Å²) in [6.45, 7) is 4.91. The first-order valence-electron chi connectivity index (χ1n) is 8.75. The summed E-state index contributed by atoms with van der Waals surface area (Å²) in [5.41, 5.74) is 2.18. The van der Waals surface area contributed by atoms with Crippen LogP contribution in [-0.4, -0.2) is 43.8 Å². The van der Waals surface area contributed by atoms with Crippen LogP contribution in [0.4, 0.5) is 11.8 Å². The largest absolute Gasteiger partial charge is 0.493 e. The fourth-order valence-electron chi connectivity index (χ4n) is 3.07. The van der Waals surface area contributed by atoms with E-state index in [1.54, 1.807) is 14.2 Å². The van der Waals surface area contributed by atoms with Gasteiger partial charge in [0.25, 0.3) is 0 Å². The predicted molar refractivity (Wildman–Crippen MR) is 100.0 cm³/mol. The molecular weight excluding hydrogens is 316 g/mol. The fourth-order valence-corrected chi connectivity index (χ4v) is 3.07. The zero-order valence-corrected chi connectivity index (χ0v) is 15.2. The molecule has 0 aliphatic carbocycles. The van der Waals surface area contributed by atoms with E-state index in [-0.39, 0.29) is 0 Å². The molecule has 0 saturated carbocycles. The molecule has 0 radical (unpaired) electrons. The molecule has 2 aromatic rings. The molecule has 1 aliphatic heterocycles. The summed E-state index contributed by atoms with van der Waals surface area (Å²) in [6, 6.07) is 8.01. The second kappa shape index (κ2) is 8.05. The lowest BCUT2D eigenvalue weighted by Crippen LogP contribution is -2.21. The Hall–Kier alpha value is -2.50. The lowest BCUT2D eigenvalue weighted by atomic mass is 10.1. The zero-order valence-electron chi connectivity index (χ0n) is 15.2. The van der Waals surface area contributed by atoms with Gasteiger partial charge in [-0.1, -0.05) is 6.07 Å². The number of ether oxygens (including phenoxy) is 2. The van der Waals surface area contributed by atoms with Gasteiger partial charge >= 0.3 is 0 Å². The summed E-state index contributed by atoms with van der Waals surface area (Å²) in [5, 5.41) is 3.41. The number of hydrogen-bond acceptors (Lipinski definition) is 6. The number of aryl methyl sites for hydroxylation is 1. The molecule has 134 valence electrons. The van der Waals surface area contributed by atoms with E-state index in [1.165, 1.54) is 18.4 Å². The maximum atomic E-state index is 5.36. The minimum Gasteiger partial charge on any atom is -0.493 e. The molecule has 3 rings (SSSR count). The number of aromatic nitrogens is 2. The Morgan fingerprint density at radius 1 is 1.04 bits per heavy atom. The Morgan fingerprint density at radius 3 is 2.52 bits per heavy atom. The average molecular weight is 342 g/mol. The van der Waals surface area contributed by atoms with Gasteiger partial charge in [-0.25, -0.2) is 4.98 Å². The Kier molecular flexibility index (Phi) is 5.58. The van der Waals surface area contributed by atoms with Gasteiger partial charge < -0.3 is 19.7 Å². The van der Waals surface area contributed by atoms with Crippen molar-refractivity contribution in [3.05, 3.63) is 35.5 Å². The van der Waals surface area contributed by atoms with Crippen molar-refractivity contribution >= 4 is 11.8 Å². The maximum absolute atomic E-state index is 5.36. The lowest BCUT2D eigenvalue weighted by Gasteiger charge is -2.17. The van der Waals surface area contributed by atoms with Crippen LogP contribution in [0.15, 0.2) is 24.3 Å². The number of nitrogens with one attached hydrogen (secondary N) is 1. The van der Waals surface area contributed by atoms with Crippen molar-refractivity contribution < 1.29 is 9.47 Å². The van der Waals surface area contributed by atoms with Crippen LogP contribution >= 0.6 is 0 Å².